The van der Waals surface area contributed by atoms with E-state index in [-0.39, 0.29) is 5.91 Å². The Morgan fingerprint density at radius 2 is 2.08 bits per heavy atom. The predicted octanol–water partition coefficient (Wildman–Crippen LogP) is 3.05. The van der Waals surface area contributed by atoms with Crippen LogP contribution in [-0.4, -0.2) is 40.4 Å². The van der Waals surface area contributed by atoms with E-state index in [0.29, 0.717) is 18.7 Å². The summed E-state index contributed by atoms with van der Waals surface area (Å²) in [5.74, 6) is 0.860. The first-order valence-corrected chi connectivity index (χ1v) is 8.08. The molecule has 0 aliphatic rings. The number of pyridine rings is 1. The highest BCUT2D eigenvalue weighted by Crippen LogP contribution is 2.18. The van der Waals surface area contributed by atoms with Crippen LogP contribution in [0.15, 0.2) is 55.0 Å². The minimum atomic E-state index is -0.0297. The van der Waals surface area contributed by atoms with Gasteiger partial charge in [0.1, 0.15) is 18.0 Å². The Kier molecular flexibility index (Phi) is 4.79. The molecule has 5 nitrogen and oxygen atoms in total. The molecule has 5 heteroatoms. The number of carbonyl (C=O) groups excluding carboxylic acids is 1. The van der Waals surface area contributed by atoms with Crippen molar-refractivity contribution in [2.75, 3.05) is 20.2 Å². The van der Waals surface area contributed by atoms with Gasteiger partial charge in [0.2, 0.25) is 0 Å². The summed E-state index contributed by atoms with van der Waals surface area (Å²) in [7, 11) is 1.79. The zero-order chi connectivity index (χ0) is 16.9. The van der Waals surface area contributed by atoms with Gasteiger partial charge in [-0.25, -0.2) is 4.98 Å². The van der Waals surface area contributed by atoms with E-state index in [9.17, 15) is 4.79 Å². The van der Waals surface area contributed by atoms with Crippen LogP contribution in [0.25, 0.3) is 5.65 Å². The Hall–Kier alpha value is -2.82. The Balaban J connectivity index is 1.59. The quantitative estimate of drug-likeness (QED) is 0.700. The van der Waals surface area contributed by atoms with Gasteiger partial charge in [-0.2, -0.15) is 0 Å². The maximum atomic E-state index is 12.5. The van der Waals surface area contributed by atoms with Crippen LogP contribution in [0.3, 0.4) is 0 Å². The van der Waals surface area contributed by atoms with Crippen molar-refractivity contribution in [2.24, 2.45) is 0 Å². The number of imidazole rings is 1. The Morgan fingerprint density at radius 1 is 1.25 bits per heavy atom. The molecule has 2 heterocycles. The van der Waals surface area contributed by atoms with Crippen molar-refractivity contribution in [3.8, 4) is 5.75 Å². The second-order valence-corrected chi connectivity index (χ2v) is 5.65. The van der Waals surface area contributed by atoms with Crippen molar-refractivity contribution in [1.82, 2.24) is 14.3 Å². The van der Waals surface area contributed by atoms with E-state index in [4.69, 9.17) is 4.74 Å². The summed E-state index contributed by atoms with van der Waals surface area (Å²) < 4.78 is 7.68. The van der Waals surface area contributed by atoms with E-state index in [0.717, 1.165) is 17.8 Å². The molecule has 0 spiro atoms. The molecule has 0 fully saturated rings. The molecule has 3 rings (SSSR count). The maximum absolute atomic E-state index is 12.5. The topological polar surface area (TPSA) is 46.8 Å². The van der Waals surface area contributed by atoms with Crippen molar-refractivity contribution < 1.29 is 9.53 Å². The number of amides is 1. The van der Waals surface area contributed by atoms with Crippen LogP contribution >= 0.6 is 0 Å². The van der Waals surface area contributed by atoms with Crippen molar-refractivity contribution in [1.29, 1.82) is 0 Å². The Bertz CT molecular complexity index is 841. The number of rotatable bonds is 6. The summed E-state index contributed by atoms with van der Waals surface area (Å²) in [6.45, 7) is 3.09. The SMILES string of the molecule is CCc1ccccc1OCCN(C)C(=O)c1ccc2nccn2c1. The molecule has 0 aliphatic heterocycles. The van der Waals surface area contributed by atoms with Crippen LogP contribution in [0.5, 0.6) is 5.75 Å². The number of benzene rings is 1. The largest absolute Gasteiger partial charge is 0.491 e. The fraction of sp³-hybridized carbons (Fsp3) is 0.263. The highest BCUT2D eigenvalue weighted by atomic mass is 16.5. The normalized spacial score (nSPS) is 10.8. The van der Waals surface area contributed by atoms with Crippen molar-refractivity contribution in [3.05, 3.63) is 66.1 Å². The molecular weight excluding hydrogens is 302 g/mol. The number of hydrogen-bond acceptors (Lipinski definition) is 3. The van der Waals surface area contributed by atoms with Crippen LogP contribution in [-0.2, 0) is 6.42 Å². The third-order valence-electron chi connectivity index (χ3n) is 4.02. The lowest BCUT2D eigenvalue weighted by molar-refractivity contribution is 0.0773. The van der Waals surface area contributed by atoms with Crippen molar-refractivity contribution in [3.63, 3.8) is 0 Å². The molecule has 0 aliphatic carbocycles. The van der Waals surface area contributed by atoms with Gasteiger partial charge in [-0.3, -0.25) is 4.79 Å². The monoisotopic (exact) mass is 323 g/mol. The molecule has 1 amide bonds. The molecule has 0 atom stereocenters. The molecule has 1 aromatic carbocycles. The lowest BCUT2D eigenvalue weighted by Gasteiger charge is -2.18. The average Bonchev–Trinajstić information content (AvgIpc) is 3.09. The standard InChI is InChI=1S/C19H21N3O2/c1-3-15-6-4-5-7-17(15)24-13-12-21(2)19(23)16-8-9-18-20-10-11-22(18)14-16/h4-11,14H,3,12-13H2,1-2H3. The highest BCUT2D eigenvalue weighted by Gasteiger charge is 2.12. The molecule has 0 saturated heterocycles. The van der Waals surface area contributed by atoms with Gasteiger partial charge in [0, 0.05) is 25.6 Å². The molecule has 0 saturated carbocycles. The van der Waals surface area contributed by atoms with Gasteiger partial charge in [-0.1, -0.05) is 25.1 Å². The van der Waals surface area contributed by atoms with Crippen LogP contribution < -0.4 is 4.74 Å². The van der Waals surface area contributed by atoms with Crippen LogP contribution in [0.1, 0.15) is 22.8 Å². The molecule has 0 bridgehead atoms. The van der Waals surface area contributed by atoms with E-state index >= 15 is 0 Å². The molecule has 0 unspecified atom stereocenters. The molecular formula is C19H21N3O2. The fourth-order valence-corrected chi connectivity index (χ4v) is 2.60. The van der Waals surface area contributed by atoms with E-state index in [1.165, 1.54) is 5.56 Å². The Labute approximate surface area is 141 Å². The molecule has 3 aromatic rings. The van der Waals surface area contributed by atoms with Gasteiger partial charge >= 0.3 is 0 Å². The first-order valence-electron chi connectivity index (χ1n) is 8.08. The van der Waals surface area contributed by atoms with E-state index in [1.54, 1.807) is 30.4 Å². The van der Waals surface area contributed by atoms with Crippen LogP contribution in [0.4, 0.5) is 0 Å². The molecule has 124 valence electrons. The summed E-state index contributed by atoms with van der Waals surface area (Å²) in [6.07, 6.45) is 6.27. The number of hydrogen-bond donors (Lipinski definition) is 0. The first kappa shape index (κ1) is 16.1. The summed E-state index contributed by atoms with van der Waals surface area (Å²) in [6, 6.07) is 11.6. The van der Waals surface area contributed by atoms with E-state index < -0.39 is 0 Å². The fourth-order valence-electron chi connectivity index (χ4n) is 2.60. The van der Waals surface area contributed by atoms with Crippen LogP contribution in [0.2, 0.25) is 0 Å². The third kappa shape index (κ3) is 3.40. The molecule has 0 radical (unpaired) electrons. The van der Waals surface area contributed by atoms with Gasteiger partial charge in [-0.05, 0) is 30.2 Å². The number of fused-ring (bicyclic) bond motifs is 1. The minimum Gasteiger partial charge on any atom is -0.491 e. The summed E-state index contributed by atoms with van der Waals surface area (Å²) >= 11 is 0. The van der Waals surface area contributed by atoms with Crippen molar-refractivity contribution >= 4 is 11.6 Å². The number of para-hydroxylation sites is 1. The number of ether oxygens (including phenoxy) is 1. The van der Waals surface area contributed by atoms with E-state index in [1.807, 2.05) is 34.9 Å². The van der Waals surface area contributed by atoms with Gasteiger partial charge in [-0.15, -0.1) is 0 Å². The van der Waals surface area contributed by atoms with Gasteiger partial charge < -0.3 is 14.0 Å². The average molecular weight is 323 g/mol. The number of aryl methyl sites for hydroxylation is 1. The Morgan fingerprint density at radius 3 is 2.92 bits per heavy atom. The summed E-state index contributed by atoms with van der Waals surface area (Å²) in [5.41, 5.74) is 2.64. The van der Waals surface area contributed by atoms with Crippen molar-refractivity contribution in [2.45, 2.75) is 13.3 Å². The van der Waals surface area contributed by atoms with Crippen LogP contribution in [0, 0.1) is 0 Å². The van der Waals surface area contributed by atoms with Gasteiger partial charge in [0.25, 0.3) is 5.91 Å². The summed E-state index contributed by atoms with van der Waals surface area (Å²) in [4.78, 5) is 18.4. The minimum absolute atomic E-state index is 0.0297. The molecule has 24 heavy (non-hydrogen) atoms. The van der Waals surface area contributed by atoms with Gasteiger partial charge in [0.05, 0.1) is 12.1 Å². The second kappa shape index (κ2) is 7.17. The summed E-state index contributed by atoms with van der Waals surface area (Å²) in [5, 5.41) is 0. The third-order valence-corrected chi connectivity index (χ3v) is 4.02. The smallest absolute Gasteiger partial charge is 0.255 e. The highest BCUT2D eigenvalue weighted by molar-refractivity contribution is 5.94. The lowest BCUT2D eigenvalue weighted by Crippen LogP contribution is -2.31. The second-order valence-electron chi connectivity index (χ2n) is 5.65. The number of nitrogens with zero attached hydrogens (tertiary/aromatic N) is 3. The first-order chi connectivity index (χ1) is 11.7. The van der Waals surface area contributed by atoms with Gasteiger partial charge in [0.15, 0.2) is 0 Å². The molecule has 2 aromatic heterocycles. The number of likely N-dealkylation sites (N-methyl/N-ethyl adjacent to an activating group) is 1. The zero-order valence-electron chi connectivity index (χ0n) is 14.0. The predicted molar refractivity (Wildman–Crippen MR) is 93.5 cm³/mol. The van der Waals surface area contributed by atoms with E-state index in [2.05, 4.69) is 18.0 Å². The lowest BCUT2D eigenvalue weighted by atomic mass is 10.1. The zero-order valence-corrected chi connectivity index (χ0v) is 14.0. The maximum Gasteiger partial charge on any atom is 0.255 e. The molecule has 0 N–H and O–H groups in total. The number of aromatic nitrogens is 2. The number of carbonyl (C=O) groups is 1.